The first-order chi connectivity index (χ1) is 3.92. The number of alkyl halides is 3. The van der Waals surface area contributed by atoms with Crippen LogP contribution < -0.4 is 0 Å². The van der Waals surface area contributed by atoms with Crippen LogP contribution in [0.25, 0.3) is 0 Å². The van der Waals surface area contributed by atoms with Crippen molar-refractivity contribution in [1.29, 1.82) is 0 Å². The van der Waals surface area contributed by atoms with Crippen LogP contribution in [0, 0.1) is 0 Å². The average molecular weight is 245 g/mol. The standard InChI is InChI=1S/C2H2AsCl2F3O/c4-3(5)9-1-2(6,7)8/h1H2. The summed E-state index contributed by atoms with van der Waals surface area (Å²) in [5, 5.41) is 0. The van der Waals surface area contributed by atoms with Crippen LogP contribution in [0.2, 0.25) is 0 Å². The SMILES string of the molecule is FC(F)(F)CO[As](Cl)Cl. The van der Waals surface area contributed by atoms with E-state index in [9.17, 15) is 13.2 Å². The summed E-state index contributed by atoms with van der Waals surface area (Å²) in [6, 6.07) is 0. The molecule has 0 amide bonds. The Morgan fingerprint density at radius 2 is 1.78 bits per heavy atom. The molecule has 0 aromatic carbocycles. The van der Waals surface area contributed by atoms with Gasteiger partial charge in [0.1, 0.15) is 0 Å². The minimum absolute atomic E-state index is 1.35. The zero-order valence-corrected chi connectivity index (χ0v) is 7.34. The van der Waals surface area contributed by atoms with Gasteiger partial charge in [-0.1, -0.05) is 0 Å². The topological polar surface area (TPSA) is 9.23 Å². The van der Waals surface area contributed by atoms with E-state index in [1.807, 2.05) is 0 Å². The molecule has 0 radical (unpaired) electrons. The van der Waals surface area contributed by atoms with Crippen molar-refractivity contribution in [3.63, 3.8) is 0 Å². The van der Waals surface area contributed by atoms with Gasteiger partial charge in [0.15, 0.2) is 0 Å². The Morgan fingerprint density at radius 1 is 1.33 bits per heavy atom. The second kappa shape index (κ2) is 3.91. The van der Waals surface area contributed by atoms with Crippen LogP contribution in [0.3, 0.4) is 0 Å². The molecule has 0 aromatic rings. The fourth-order valence-corrected chi connectivity index (χ4v) is 1.14. The van der Waals surface area contributed by atoms with E-state index in [1.165, 1.54) is 0 Å². The molecular formula is C2H2AsCl2F3O. The van der Waals surface area contributed by atoms with Gasteiger partial charge in [0.25, 0.3) is 0 Å². The first-order valence-electron chi connectivity index (χ1n) is 1.73. The second-order valence-electron chi connectivity index (χ2n) is 1.09. The molecule has 1 nitrogen and oxygen atoms in total. The van der Waals surface area contributed by atoms with Gasteiger partial charge in [0, 0.05) is 0 Å². The summed E-state index contributed by atoms with van der Waals surface area (Å²) in [5.74, 6) is 0. The third-order valence-corrected chi connectivity index (χ3v) is 2.02. The van der Waals surface area contributed by atoms with Crippen LogP contribution in [0.5, 0.6) is 0 Å². The summed E-state index contributed by atoms with van der Waals surface area (Å²) in [6.07, 6.45) is -4.32. The van der Waals surface area contributed by atoms with E-state index in [2.05, 4.69) is 3.73 Å². The van der Waals surface area contributed by atoms with E-state index in [-0.39, 0.29) is 0 Å². The molecule has 0 bridgehead atoms. The second-order valence-corrected chi connectivity index (χ2v) is 6.57. The molecule has 0 saturated carbocycles. The van der Waals surface area contributed by atoms with Gasteiger partial charge >= 0.3 is 62.7 Å². The Labute approximate surface area is 63.0 Å². The molecule has 0 rings (SSSR count). The Hall–Kier alpha value is 0.888. The monoisotopic (exact) mass is 244 g/mol. The Morgan fingerprint density at radius 3 is 1.89 bits per heavy atom. The first kappa shape index (κ1) is 9.89. The fourth-order valence-electron chi connectivity index (χ4n) is 0.122. The van der Waals surface area contributed by atoms with Gasteiger partial charge in [-0.3, -0.25) is 0 Å². The number of halogens is 5. The molecule has 0 unspecified atom stereocenters. The van der Waals surface area contributed by atoms with Gasteiger partial charge < -0.3 is 0 Å². The molecule has 0 heterocycles. The van der Waals surface area contributed by atoms with Gasteiger partial charge in [-0.2, -0.15) is 0 Å². The molecule has 0 aliphatic carbocycles. The van der Waals surface area contributed by atoms with Crippen molar-refractivity contribution < 1.29 is 16.9 Å². The average Bonchev–Trinajstić information content (AvgIpc) is 1.59. The van der Waals surface area contributed by atoms with Crippen molar-refractivity contribution in [2.45, 2.75) is 6.18 Å². The van der Waals surface area contributed by atoms with E-state index in [0.29, 0.717) is 0 Å². The summed E-state index contributed by atoms with van der Waals surface area (Å²) in [6.45, 7) is -1.35. The molecule has 7 heteroatoms. The van der Waals surface area contributed by atoms with Gasteiger partial charge in [0.2, 0.25) is 0 Å². The van der Waals surface area contributed by atoms with Gasteiger partial charge in [-0.15, -0.1) is 0 Å². The van der Waals surface area contributed by atoms with Crippen LogP contribution in [0.15, 0.2) is 0 Å². The molecule has 0 atom stereocenters. The quantitative estimate of drug-likeness (QED) is 0.676. The predicted octanol–water partition coefficient (Wildman–Crippen LogP) is 2.03. The summed E-state index contributed by atoms with van der Waals surface area (Å²) < 4.78 is 37.5. The molecule has 0 aromatic heterocycles. The van der Waals surface area contributed by atoms with Gasteiger partial charge in [-0.25, -0.2) is 0 Å². The Balaban J connectivity index is 3.28. The van der Waals surface area contributed by atoms with Gasteiger partial charge in [0.05, 0.1) is 0 Å². The zero-order valence-electron chi connectivity index (χ0n) is 3.95. The van der Waals surface area contributed by atoms with E-state index < -0.39 is 25.9 Å². The zero-order chi connectivity index (χ0) is 7.49. The summed E-state index contributed by atoms with van der Waals surface area (Å²) in [7, 11) is 9.95. The normalized spacial score (nSPS) is 12.7. The maximum absolute atomic E-state index is 11.2. The third-order valence-electron chi connectivity index (χ3n) is 0.326. The van der Waals surface area contributed by atoms with E-state index >= 15 is 0 Å². The molecule has 0 fully saturated rings. The molecule has 0 saturated heterocycles. The van der Waals surface area contributed by atoms with Crippen molar-refractivity contribution in [2.24, 2.45) is 0 Å². The van der Waals surface area contributed by atoms with Crippen molar-refractivity contribution in [1.82, 2.24) is 0 Å². The summed E-state index contributed by atoms with van der Waals surface area (Å²) in [5.41, 5.74) is 0. The first-order valence-corrected chi connectivity index (χ1v) is 7.43. The maximum atomic E-state index is 11.2. The van der Waals surface area contributed by atoms with Crippen molar-refractivity contribution in [3.8, 4) is 0 Å². The molecule has 0 N–H and O–H groups in total. The van der Waals surface area contributed by atoms with Crippen molar-refractivity contribution in [3.05, 3.63) is 0 Å². The van der Waals surface area contributed by atoms with Crippen LogP contribution in [0.4, 0.5) is 13.2 Å². The Kier molecular flexibility index (Phi) is 4.30. The van der Waals surface area contributed by atoms with Crippen LogP contribution in [0.1, 0.15) is 0 Å². The number of hydrogen-bond donors (Lipinski definition) is 0. The number of hydrogen-bond acceptors (Lipinski definition) is 1. The van der Waals surface area contributed by atoms with E-state index in [1.54, 1.807) is 0 Å². The molecule has 0 aliphatic heterocycles. The summed E-state index contributed by atoms with van der Waals surface area (Å²) in [4.78, 5) is 0. The van der Waals surface area contributed by atoms with E-state index in [0.717, 1.165) is 0 Å². The number of rotatable bonds is 2. The Bertz CT molecular complexity index is 84.4. The van der Waals surface area contributed by atoms with Crippen LogP contribution in [-0.2, 0) is 3.73 Å². The van der Waals surface area contributed by atoms with Crippen LogP contribution in [-0.4, -0.2) is 25.9 Å². The molecule has 0 aliphatic rings. The van der Waals surface area contributed by atoms with Crippen molar-refractivity contribution in [2.75, 3.05) is 6.61 Å². The summed E-state index contributed by atoms with van der Waals surface area (Å²) >= 11 is -2.60. The molecule has 0 spiro atoms. The van der Waals surface area contributed by atoms with E-state index in [4.69, 9.17) is 19.9 Å². The predicted molar refractivity (Wildman–Crippen MR) is 29.5 cm³/mol. The minimum atomic E-state index is -4.32. The third kappa shape index (κ3) is 8.89. The van der Waals surface area contributed by atoms with Crippen molar-refractivity contribution >= 4 is 33.0 Å². The van der Waals surface area contributed by atoms with Gasteiger partial charge in [-0.05, 0) is 0 Å². The van der Waals surface area contributed by atoms with Crippen LogP contribution >= 0.6 is 19.9 Å². The fraction of sp³-hybridized carbons (Fsp3) is 1.00. The molecular weight excluding hydrogens is 243 g/mol. The molecule has 56 valence electrons. The molecule has 9 heavy (non-hydrogen) atoms.